The van der Waals surface area contributed by atoms with Crippen LogP contribution in [0.4, 0.5) is 5.69 Å². The third-order valence-corrected chi connectivity index (χ3v) is 2.32. The number of nitrogens with two attached hydrogens (primary N) is 1. The minimum atomic E-state index is -4.44. The Balaban J connectivity index is 0.00000169. The summed E-state index contributed by atoms with van der Waals surface area (Å²) < 4.78 is 36.4. The van der Waals surface area contributed by atoms with Gasteiger partial charge in [0.1, 0.15) is 15.9 Å². The summed E-state index contributed by atoms with van der Waals surface area (Å²) in [4.78, 5) is -0.349. The number of methoxy groups -OCH3 is 1. The first-order valence-electron chi connectivity index (χ1n) is 3.34. The number of anilines is 1. The first-order valence-corrected chi connectivity index (χ1v) is 4.75. The van der Waals surface area contributed by atoms with Crippen molar-refractivity contribution in [3.8, 4) is 5.75 Å². The summed E-state index contributed by atoms with van der Waals surface area (Å²) in [5.41, 5.74) is 5.71. The van der Waals surface area contributed by atoms with Gasteiger partial charge in [0.2, 0.25) is 0 Å². The van der Waals surface area contributed by atoms with Crippen LogP contribution in [0.15, 0.2) is 23.1 Å². The molecule has 0 heterocycles. The molecule has 7 heteroatoms. The zero-order valence-corrected chi connectivity index (χ0v) is 11.8. The van der Waals surface area contributed by atoms with Crippen molar-refractivity contribution in [2.24, 2.45) is 0 Å². The number of benzene rings is 1. The molecule has 0 aliphatic rings. The Morgan fingerprint density at radius 2 is 2.00 bits per heavy atom. The van der Waals surface area contributed by atoms with Crippen LogP contribution in [0, 0.1) is 0 Å². The molecule has 2 N–H and O–H groups in total. The second-order valence-electron chi connectivity index (χ2n) is 2.36. The molecule has 0 atom stereocenters. The average Bonchev–Trinajstić information content (AvgIpc) is 2.03. The maximum Gasteiger partial charge on any atom is 1.00 e. The van der Waals surface area contributed by atoms with Crippen molar-refractivity contribution >= 4 is 15.8 Å². The molecular formula is C7H8KNO4S. The van der Waals surface area contributed by atoms with Crippen molar-refractivity contribution in [2.75, 3.05) is 12.8 Å². The van der Waals surface area contributed by atoms with E-state index in [1.54, 1.807) is 0 Å². The number of ether oxygens (including phenoxy) is 1. The number of nitrogen functional groups attached to an aromatic ring is 1. The Morgan fingerprint density at radius 3 is 2.43 bits per heavy atom. The zero-order chi connectivity index (χ0) is 10.1. The molecule has 0 unspecified atom stereocenters. The zero-order valence-electron chi connectivity index (χ0n) is 7.85. The smallest absolute Gasteiger partial charge is 0.744 e. The Kier molecular flexibility index (Phi) is 5.59. The van der Waals surface area contributed by atoms with Gasteiger partial charge in [0.15, 0.2) is 0 Å². The molecule has 0 fully saturated rings. The molecule has 0 saturated heterocycles. The van der Waals surface area contributed by atoms with E-state index in [2.05, 4.69) is 0 Å². The van der Waals surface area contributed by atoms with Crippen LogP contribution in [-0.4, -0.2) is 20.1 Å². The van der Waals surface area contributed by atoms with Gasteiger partial charge in [-0.25, -0.2) is 8.42 Å². The Morgan fingerprint density at radius 1 is 1.43 bits per heavy atom. The molecule has 1 aromatic carbocycles. The Bertz CT molecular complexity index is 418. The minimum Gasteiger partial charge on any atom is -0.744 e. The van der Waals surface area contributed by atoms with Crippen molar-refractivity contribution in [2.45, 2.75) is 4.90 Å². The summed E-state index contributed by atoms with van der Waals surface area (Å²) in [5.74, 6) is 0.178. The van der Waals surface area contributed by atoms with Gasteiger partial charge >= 0.3 is 51.4 Å². The fourth-order valence-corrected chi connectivity index (χ4v) is 1.33. The van der Waals surface area contributed by atoms with Gasteiger partial charge in [-0.3, -0.25) is 0 Å². The van der Waals surface area contributed by atoms with Crippen molar-refractivity contribution in [3.63, 3.8) is 0 Å². The van der Waals surface area contributed by atoms with Crippen LogP contribution >= 0.6 is 0 Å². The second kappa shape index (κ2) is 5.45. The molecule has 72 valence electrons. The fourth-order valence-electron chi connectivity index (χ4n) is 0.847. The molecular weight excluding hydrogens is 233 g/mol. The molecule has 0 aliphatic carbocycles. The molecule has 1 rings (SSSR count). The summed E-state index contributed by atoms with van der Waals surface area (Å²) in [6.07, 6.45) is 0. The summed E-state index contributed by atoms with van der Waals surface area (Å²) >= 11 is 0. The number of hydrogen-bond donors (Lipinski definition) is 1. The fraction of sp³-hybridized carbons (Fsp3) is 0.143. The van der Waals surface area contributed by atoms with E-state index in [1.807, 2.05) is 0 Å². The Labute approximate surface area is 125 Å². The van der Waals surface area contributed by atoms with E-state index in [-0.39, 0.29) is 67.7 Å². The molecule has 0 saturated carbocycles. The van der Waals surface area contributed by atoms with Gasteiger partial charge in [-0.15, -0.1) is 0 Å². The standard InChI is InChI=1S/C7H9NO4S.K/c1-12-7-4-5(13(9,10)11)2-3-6(7)8;/h2-4H,8H2,1H3,(H,9,10,11);/q;+1/p-1. The number of hydrogen-bond acceptors (Lipinski definition) is 5. The number of rotatable bonds is 2. The largest absolute Gasteiger partial charge is 1.00 e. The molecule has 0 radical (unpaired) electrons. The summed E-state index contributed by atoms with van der Waals surface area (Å²) in [7, 11) is -3.10. The van der Waals surface area contributed by atoms with Gasteiger partial charge in [-0.2, -0.15) is 0 Å². The maximum atomic E-state index is 10.6. The third kappa shape index (κ3) is 3.50. The topological polar surface area (TPSA) is 92.5 Å². The minimum absolute atomic E-state index is 0. The van der Waals surface area contributed by atoms with Crippen molar-refractivity contribution in [3.05, 3.63) is 18.2 Å². The van der Waals surface area contributed by atoms with Crippen molar-refractivity contribution in [1.29, 1.82) is 0 Å². The SMILES string of the molecule is COc1cc(S(=O)(=O)[O-])ccc1N.[K+]. The molecule has 0 aromatic heterocycles. The normalized spacial score (nSPS) is 10.4. The molecule has 0 amide bonds. The third-order valence-electron chi connectivity index (χ3n) is 1.49. The van der Waals surface area contributed by atoms with Gasteiger partial charge in [0, 0.05) is 0 Å². The first-order chi connectivity index (χ1) is 5.95. The Hall–Kier alpha value is 0.366. The quantitative estimate of drug-likeness (QED) is 0.343. The van der Waals surface area contributed by atoms with Gasteiger partial charge in [0.25, 0.3) is 0 Å². The van der Waals surface area contributed by atoms with Crippen LogP contribution in [0.25, 0.3) is 0 Å². The first kappa shape index (κ1) is 14.4. The van der Waals surface area contributed by atoms with E-state index in [0.717, 1.165) is 12.1 Å². The van der Waals surface area contributed by atoms with E-state index in [0.29, 0.717) is 0 Å². The summed E-state index contributed by atoms with van der Waals surface area (Å²) in [6.45, 7) is 0. The van der Waals surface area contributed by atoms with E-state index in [4.69, 9.17) is 10.5 Å². The van der Waals surface area contributed by atoms with Crippen molar-refractivity contribution < 1.29 is 69.1 Å². The molecule has 0 bridgehead atoms. The van der Waals surface area contributed by atoms with E-state index in [1.165, 1.54) is 13.2 Å². The van der Waals surface area contributed by atoms with Crippen LogP contribution in [0.3, 0.4) is 0 Å². The monoisotopic (exact) mass is 241 g/mol. The summed E-state index contributed by atoms with van der Waals surface area (Å²) in [5, 5.41) is 0. The van der Waals surface area contributed by atoms with Gasteiger partial charge < -0.3 is 15.0 Å². The molecule has 14 heavy (non-hydrogen) atoms. The second-order valence-corrected chi connectivity index (χ2v) is 3.74. The van der Waals surface area contributed by atoms with Crippen LogP contribution in [0.5, 0.6) is 5.75 Å². The van der Waals surface area contributed by atoms with E-state index in [9.17, 15) is 13.0 Å². The van der Waals surface area contributed by atoms with E-state index < -0.39 is 10.1 Å². The van der Waals surface area contributed by atoms with Crippen LogP contribution in [-0.2, 0) is 10.1 Å². The molecule has 5 nitrogen and oxygen atoms in total. The predicted molar refractivity (Wildman–Crippen MR) is 45.4 cm³/mol. The summed E-state index contributed by atoms with van der Waals surface area (Å²) in [6, 6.07) is 3.54. The predicted octanol–water partition coefficient (Wildman–Crippen LogP) is -2.81. The maximum absolute atomic E-state index is 10.6. The van der Waals surface area contributed by atoms with E-state index >= 15 is 0 Å². The van der Waals surface area contributed by atoms with Crippen LogP contribution in [0.1, 0.15) is 0 Å². The van der Waals surface area contributed by atoms with Gasteiger partial charge in [-0.05, 0) is 18.2 Å². The van der Waals surface area contributed by atoms with Crippen LogP contribution in [0.2, 0.25) is 0 Å². The average molecular weight is 241 g/mol. The van der Waals surface area contributed by atoms with Gasteiger partial charge in [-0.1, -0.05) is 0 Å². The van der Waals surface area contributed by atoms with Crippen LogP contribution < -0.4 is 61.9 Å². The van der Waals surface area contributed by atoms with Gasteiger partial charge in [0.05, 0.1) is 17.7 Å². The van der Waals surface area contributed by atoms with Crippen molar-refractivity contribution in [1.82, 2.24) is 0 Å². The molecule has 0 aliphatic heterocycles. The molecule has 1 aromatic rings. The molecule has 0 spiro atoms.